The molecule has 0 saturated carbocycles. The van der Waals surface area contributed by atoms with Gasteiger partial charge in [0.1, 0.15) is 0 Å². The van der Waals surface area contributed by atoms with Crippen molar-refractivity contribution in [1.29, 1.82) is 0 Å². The standard InChI is InChI=1S/C15H23N3O/c1-11(16-8-9-18(2)3)15(19)13-4-5-14-12(10-13)6-7-17-14/h4-5,10-11,16-17H,6-9H2,1-3H3. The van der Waals surface area contributed by atoms with Crippen LogP contribution in [0.4, 0.5) is 5.69 Å². The molecule has 4 heteroatoms. The molecule has 0 fully saturated rings. The Kier molecular flexibility index (Phi) is 4.56. The highest BCUT2D eigenvalue weighted by Gasteiger charge is 2.17. The third-order valence-corrected chi connectivity index (χ3v) is 3.50. The fraction of sp³-hybridized carbons (Fsp3) is 0.533. The van der Waals surface area contributed by atoms with E-state index < -0.39 is 0 Å². The highest BCUT2D eigenvalue weighted by atomic mass is 16.1. The van der Waals surface area contributed by atoms with Gasteiger partial charge in [-0.15, -0.1) is 0 Å². The minimum Gasteiger partial charge on any atom is -0.384 e. The van der Waals surface area contributed by atoms with E-state index in [1.165, 1.54) is 11.3 Å². The summed E-state index contributed by atoms with van der Waals surface area (Å²) < 4.78 is 0. The van der Waals surface area contributed by atoms with Gasteiger partial charge < -0.3 is 15.5 Å². The van der Waals surface area contributed by atoms with Gasteiger partial charge in [0, 0.05) is 30.9 Å². The molecular weight excluding hydrogens is 238 g/mol. The number of benzene rings is 1. The first-order chi connectivity index (χ1) is 9.08. The summed E-state index contributed by atoms with van der Waals surface area (Å²) in [5.74, 6) is 0.174. The average molecular weight is 261 g/mol. The van der Waals surface area contributed by atoms with Crippen LogP contribution in [0, 0.1) is 0 Å². The quantitative estimate of drug-likeness (QED) is 0.759. The van der Waals surface area contributed by atoms with Crippen LogP contribution in [0.25, 0.3) is 0 Å². The Morgan fingerprint density at radius 1 is 1.47 bits per heavy atom. The molecule has 104 valence electrons. The number of nitrogens with one attached hydrogen (secondary N) is 2. The molecule has 0 amide bonds. The first-order valence-corrected chi connectivity index (χ1v) is 6.87. The van der Waals surface area contributed by atoms with Crippen molar-refractivity contribution >= 4 is 11.5 Å². The van der Waals surface area contributed by atoms with Crippen LogP contribution < -0.4 is 10.6 Å². The molecule has 1 aliphatic rings. The number of fused-ring (bicyclic) bond motifs is 1. The summed E-state index contributed by atoms with van der Waals surface area (Å²) in [7, 11) is 4.06. The monoisotopic (exact) mass is 261 g/mol. The lowest BCUT2D eigenvalue weighted by Gasteiger charge is -2.15. The maximum atomic E-state index is 12.3. The second-order valence-corrected chi connectivity index (χ2v) is 5.39. The Hall–Kier alpha value is -1.39. The third-order valence-electron chi connectivity index (χ3n) is 3.50. The Morgan fingerprint density at radius 3 is 3.00 bits per heavy atom. The van der Waals surface area contributed by atoms with Gasteiger partial charge in [-0.2, -0.15) is 0 Å². The molecule has 1 aromatic carbocycles. The number of ketones is 1. The summed E-state index contributed by atoms with van der Waals surface area (Å²) in [4.78, 5) is 14.4. The van der Waals surface area contributed by atoms with E-state index in [2.05, 4.69) is 15.5 Å². The van der Waals surface area contributed by atoms with Crippen molar-refractivity contribution in [2.75, 3.05) is 39.0 Å². The zero-order valence-electron chi connectivity index (χ0n) is 12.0. The van der Waals surface area contributed by atoms with Crippen molar-refractivity contribution < 1.29 is 4.79 Å². The fourth-order valence-electron chi connectivity index (χ4n) is 2.31. The number of hydrogen-bond acceptors (Lipinski definition) is 4. The third kappa shape index (κ3) is 3.55. The molecule has 1 heterocycles. The molecule has 19 heavy (non-hydrogen) atoms. The molecule has 0 saturated heterocycles. The lowest BCUT2D eigenvalue weighted by molar-refractivity contribution is 0.0950. The minimum absolute atomic E-state index is 0.132. The van der Waals surface area contributed by atoms with Crippen molar-refractivity contribution in [3.8, 4) is 0 Å². The molecule has 0 bridgehead atoms. The van der Waals surface area contributed by atoms with Gasteiger partial charge in [-0.25, -0.2) is 0 Å². The number of anilines is 1. The lowest BCUT2D eigenvalue weighted by Crippen LogP contribution is -2.38. The van der Waals surface area contributed by atoms with Crippen molar-refractivity contribution in [2.45, 2.75) is 19.4 Å². The van der Waals surface area contributed by atoms with E-state index in [1.54, 1.807) is 0 Å². The van der Waals surface area contributed by atoms with Gasteiger partial charge in [0.05, 0.1) is 6.04 Å². The molecule has 1 aromatic rings. The van der Waals surface area contributed by atoms with Crippen LogP contribution in [-0.4, -0.2) is 50.5 Å². The number of likely N-dealkylation sites (N-methyl/N-ethyl adjacent to an activating group) is 1. The molecule has 0 aromatic heterocycles. The summed E-state index contributed by atoms with van der Waals surface area (Å²) in [5.41, 5.74) is 3.24. The predicted octanol–water partition coefficient (Wildman–Crippen LogP) is 1.38. The zero-order valence-corrected chi connectivity index (χ0v) is 12.0. The summed E-state index contributed by atoms with van der Waals surface area (Å²) in [5, 5.41) is 6.58. The van der Waals surface area contributed by atoms with Gasteiger partial charge in [-0.05, 0) is 51.2 Å². The molecule has 2 rings (SSSR count). The number of hydrogen-bond donors (Lipinski definition) is 2. The van der Waals surface area contributed by atoms with Gasteiger partial charge >= 0.3 is 0 Å². The summed E-state index contributed by atoms with van der Waals surface area (Å²) in [6, 6.07) is 5.83. The van der Waals surface area contributed by atoms with Crippen LogP contribution in [0.3, 0.4) is 0 Å². The van der Waals surface area contributed by atoms with E-state index in [1.807, 2.05) is 39.2 Å². The van der Waals surface area contributed by atoms with Crippen LogP contribution in [0.5, 0.6) is 0 Å². The maximum Gasteiger partial charge on any atom is 0.179 e. The van der Waals surface area contributed by atoms with E-state index in [9.17, 15) is 4.79 Å². The van der Waals surface area contributed by atoms with Gasteiger partial charge in [-0.1, -0.05) is 0 Å². The number of carbonyl (C=O) groups is 1. The average Bonchev–Trinajstić information content (AvgIpc) is 2.84. The highest BCUT2D eigenvalue weighted by molar-refractivity contribution is 6.00. The fourth-order valence-corrected chi connectivity index (χ4v) is 2.31. The van der Waals surface area contributed by atoms with Crippen molar-refractivity contribution in [1.82, 2.24) is 10.2 Å². The zero-order chi connectivity index (χ0) is 13.8. The summed E-state index contributed by atoms with van der Waals surface area (Å²) in [6.07, 6.45) is 1.01. The first kappa shape index (κ1) is 14.0. The van der Waals surface area contributed by atoms with E-state index in [0.717, 1.165) is 31.6 Å². The Labute approximate surface area is 115 Å². The number of Topliss-reactive ketones (excluding diaryl/α,β-unsaturated/α-hetero) is 1. The first-order valence-electron chi connectivity index (χ1n) is 6.87. The van der Waals surface area contributed by atoms with E-state index >= 15 is 0 Å². The normalized spacial score (nSPS) is 15.2. The van der Waals surface area contributed by atoms with Crippen LogP contribution >= 0.6 is 0 Å². The topological polar surface area (TPSA) is 44.4 Å². The van der Waals surface area contributed by atoms with E-state index in [4.69, 9.17) is 0 Å². The SMILES string of the molecule is CC(NCCN(C)C)C(=O)c1ccc2c(c1)CCN2. The molecular formula is C15H23N3O. The van der Waals surface area contributed by atoms with Gasteiger partial charge in [-0.3, -0.25) is 4.79 Å². The Balaban J connectivity index is 1.95. The predicted molar refractivity (Wildman–Crippen MR) is 79.0 cm³/mol. The second kappa shape index (κ2) is 6.17. The number of rotatable bonds is 6. The van der Waals surface area contributed by atoms with E-state index in [0.29, 0.717) is 0 Å². The maximum absolute atomic E-state index is 12.3. The Bertz CT molecular complexity index is 457. The second-order valence-electron chi connectivity index (χ2n) is 5.39. The van der Waals surface area contributed by atoms with Crippen molar-refractivity contribution in [3.05, 3.63) is 29.3 Å². The Morgan fingerprint density at radius 2 is 2.26 bits per heavy atom. The lowest BCUT2D eigenvalue weighted by atomic mass is 10.0. The molecule has 0 spiro atoms. The largest absolute Gasteiger partial charge is 0.384 e. The van der Waals surface area contributed by atoms with Gasteiger partial charge in [0.15, 0.2) is 5.78 Å². The van der Waals surface area contributed by atoms with Gasteiger partial charge in [0.25, 0.3) is 0 Å². The van der Waals surface area contributed by atoms with Crippen molar-refractivity contribution in [3.63, 3.8) is 0 Å². The molecule has 4 nitrogen and oxygen atoms in total. The summed E-state index contributed by atoms with van der Waals surface area (Å²) >= 11 is 0. The van der Waals surface area contributed by atoms with Crippen LogP contribution in [0.2, 0.25) is 0 Å². The van der Waals surface area contributed by atoms with Crippen LogP contribution in [0.1, 0.15) is 22.8 Å². The van der Waals surface area contributed by atoms with Gasteiger partial charge in [0.2, 0.25) is 0 Å². The summed E-state index contributed by atoms with van der Waals surface area (Å²) in [6.45, 7) is 4.67. The molecule has 0 aliphatic carbocycles. The molecule has 2 N–H and O–H groups in total. The van der Waals surface area contributed by atoms with Crippen molar-refractivity contribution in [2.24, 2.45) is 0 Å². The molecule has 1 unspecified atom stereocenters. The smallest absolute Gasteiger partial charge is 0.179 e. The molecule has 1 aliphatic heterocycles. The number of nitrogens with zero attached hydrogens (tertiary/aromatic N) is 1. The highest BCUT2D eigenvalue weighted by Crippen LogP contribution is 2.23. The minimum atomic E-state index is -0.132. The van der Waals surface area contributed by atoms with E-state index in [-0.39, 0.29) is 11.8 Å². The molecule has 0 radical (unpaired) electrons. The molecule has 1 atom stereocenters. The van der Waals surface area contributed by atoms with Crippen LogP contribution in [-0.2, 0) is 6.42 Å². The number of carbonyl (C=O) groups excluding carboxylic acids is 1. The van der Waals surface area contributed by atoms with Crippen LogP contribution in [0.15, 0.2) is 18.2 Å².